The molecule has 5 heteroatoms. The van der Waals surface area contributed by atoms with Gasteiger partial charge in [0.15, 0.2) is 0 Å². The van der Waals surface area contributed by atoms with Gasteiger partial charge in [-0.1, -0.05) is 42.3 Å². The fourth-order valence-corrected chi connectivity index (χ4v) is 3.18. The van der Waals surface area contributed by atoms with Crippen molar-refractivity contribution in [2.45, 2.75) is 38.6 Å². The monoisotopic (exact) mass is 294 g/mol. The summed E-state index contributed by atoms with van der Waals surface area (Å²) in [5.74, 6) is 0.830. The lowest BCUT2D eigenvalue weighted by Crippen LogP contribution is -2.15. The second-order valence-electron chi connectivity index (χ2n) is 5.87. The van der Waals surface area contributed by atoms with Crippen LogP contribution < -0.4 is 5.32 Å². The molecule has 0 radical (unpaired) electrons. The normalized spacial score (nSPS) is 15.5. The molecule has 0 atom stereocenters. The number of aryl methyl sites for hydroxylation is 1. The summed E-state index contributed by atoms with van der Waals surface area (Å²) in [5.41, 5.74) is 3.57. The number of fused-ring (bicyclic) bond motifs is 1. The van der Waals surface area contributed by atoms with Gasteiger partial charge in [0.25, 0.3) is 5.71 Å². The molecule has 1 aliphatic carbocycles. The van der Waals surface area contributed by atoms with Crippen molar-refractivity contribution in [2.75, 3.05) is 5.32 Å². The molecule has 112 valence electrons. The molecule has 1 aliphatic rings. The van der Waals surface area contributed by atoms with Crippen molar-refractivity contribution in [3.63, 3.8) is 0 Å². The first-order chi connectivity index (χ1) is 10.8. The van der Waals surface area contributed by atoms with Gasteiger partial charge in [0.05, 0.1) is 0 Å². The van der Waals surface area contributed by atoms with Crippen molar-refractivity contribution in [3.8, 4) is 11.3 Å². The molecular formula is C17H18N4O. The number of nitrogens with one attached hydrogen (secondary N) is 1. The summed E-state index contributed by atoms with van der Waals surface area (Å²) in [7, 11) is 0. The largest absolute Gasteiger partial charge is 0.367 e. The molecule has 1 N–H and O–H groups in total. The van der Waals surface area contributed by atoms with E-state index >= 15 is 0 Å². The molecule has 0 saturated heterocycles. The van der Waals surface area contributed by atoms with Gasteiger partial charge in [-0.3, -0.25) is 0 Å². The van der Waals surface area contributed by atoms with E-state index in [2.05, 4.69) is 39.5 Å². The Kier molecular flexibility index (Phi) is 3.25. The summed E-state index contributed by atoms with van der Waals surface area (Å²) < 4.78 is 5.42. The Morgan fingerprint density at radius 2 is 1.95 bits per heavy atom. The molecule has 1 fully saturated rings. The van der Waals surface area contributed by atoms with Gasteiger partial charge >= 0.3 is 0 Å². The van der Waals surface area contributed by atoms with Crippen LogP contribution in [0.15, 0.2) is 35.1 Å². The van der Waals surface area contributed by atoms with Crippen LogP contribution in [0.1, 0.15) is 31.2 Å². The van der Waals surface area contributed by atoms with Crippen LogP contribution >= 0.6 is 0 Å². The van der Waals surface area contributed by atoms with Crippen LogP contribution in [0.3, 0.4) is 0 Å². The summed E-state index contributed by atoms with van der Waals surface area (Å²) in [6.45, 7) is 2.07. The molecule has 22 heavy (non-hydrogen) atoms. The van der Waals surface area contributed by atoms with Gasteiger partial charge in [-0.15, -0.1) is 0 Å². The third-order valence-electron chi connectivity index (χ3n) is 4.37. The zero-order valence-corrected chi connectivity index (χ0v) is 12.5. The van der Waals surface area contributed by atoms with Crippen molar-refractivity contribution in [3.05, 3.63) is 36.2 Å². The van der Waals surface area contributed by atoms with Crippen LogP contribution in [0.2, 0.25) is 0 Å². The summed E-state index contributed by atoms with van der Waals surface area (Å²) in [5, 5.41) is 8.67. The first-order valence-electron chi connectivity index (χ1n) is 7.76. The molecule has 0 aliphatic heterocycles. The topological polar surface area (TPSA) is 63.8 Å². The van der Waals surface area contributed by atoms with Gasteiger partial charge in [0.2, 0.25) is 0 Å². The third kappa shape index (κ3) is 2.22. The summed E-state index contributed by atoms with van der Waals surface area (Å²) in [6.07, 6.45) is 6.47. The molecule has 0 bridgehead atoms. The van der Waals surface area contributed by atoms with Gasteiger partial charge in [0, 0.05) is 11.6 Å². The Hall–Kier alpha value is -2.43. The minimum Gasteiger partial charge on any atom is -0.367 e. The predicted octanol–water partition coefficient (Wildman–Crippen LogP) is 3.95. The molecule has 1 saturated carbocycles. The fraction of sp³-hybridized carbons (Fsp3) is 0.353. The Balaban J connectivity index is 1.84. The number of hydrogen-bond donors (Lipinski definition) is 1. The standard InChI is InChI=1S/C17H18N4O/c1-11-6-2-5-9-13(11)15-14-16(20-12-7-3-4-8-12)18-10-19-17(14)22-21-15/h2,5-6,9-10,12H,3-4,7-8H2,1H3,(H,18,19,20). The molecule has 3 aromatic rings. The van der Waals surface area contributed by atoms with E-state index in [9.17, 15) is 0 Å². The van der Waals surface area contributed by atoms with E-state index < -0.39 is 0 Å². The fourth-order valence-electron chi connectivity index (χ4n) is 3.18. The highest BCUT2D eigenvalue weighted by Crippen LogP contribution is 2.34. The van der Waals surface area contributed by atoms with Crippen LogP contribution in [0, 0.1) is 6.92 Å². The molecule has 0 spiro atoms. The minimum absolute atomic E-state index is 0.484. The number of aromatic nitrogens is 3. The summed E-state index contributed by atoms with van der Waals surface area (Å²) in [4.78, 5) is 8.65. The lowest BCUT2D eigenvalue weighted by Gasteiger charge is -2.13. The highest BCUT2D eigenvalue weighted by Gasteiger charge is 2.21. The maximum absolute atomic E-state index is 5.42. The smallest absolute Gasteiger partial charge is 0.263 e. The second-order valence-corrected chi connectivity index (χ2v) is 5.87. The predicted molar refractivity (Wildman–Crippen MR) is 85.7 cm³/mol. The molecule has 0 unspecified atom stereocenters. The van der Waals surface area contributed by atoms with Gasteiger partial charge < -0.3 is 9.84 Å². The van der Waals surface area contributed by atoms with Crippen LogP contribution in [-0.2, 0) is 0 Å². The molecule has 0 amide bonds. The van der Waals surface area contributed by atoms with E-state index in [0.717, 1.165) is 28.0 Å². The van der Waals surface area contributed by atoms with Gasteiger partial charge in [-0.05, 0) is 25.3 Å². The highest BCUT2D eigenvalue weighted by molar-refractivity contribution is 5.98. The summed E-state index contributed by atoms with van der Waals surface area (Å²) in [6, 6.07) is 8.65. The molecule has 2 aromatic heterocycles. The number of nitrogens with zero attached hydrogens (tertiary/aromatic N) is 3. The number of rotatable bonds is 3. The zero-order chi connectivity index (χ0) is 14.9. The van der Waals surface area contributed by atoms with Crippen molar-refractivity contribution in [1.82, 2.24) is 15.1 Å². The molecule has 1 aromatic carbocycles. The van der Waals surface area contributed by atoms with Crippen LogP contribution in [0.4, 0.5) is 5.82 Å². The maximum Gasteiger partial charge on any atom is 0.263 e. The average molecular weight is 294 g/mol. The van der Waals surface area contributed by atoms with E-state index in [1.54, 1.807) is 0 Å². The van der Waals surface area contributed by atoms with Crippen molar-refractivity contribution in [2.24, 2.45) is 0 Å². The van der Waals surface area contributed by atoms with E-state index in [0.29, 0.717) is 11.8 Å². The van der Waals surface area contributed by atoms with Crippen LogP contribution in [0.5, 0.6) is 0 Å². The van der Waals surface area contributed by atoms with Gasteiger partial charge in [0.1, 0.15) is 23.2 Å². The van der Waals surface area contributed by atoms with Crippen LogP contribution in [-0.4, -0.2) is 21.2 Å². The van der Waals surface area contributed by atoms with E-state index in [1.165, 1.54) is 32.0 Å². The van der Waals surface area contributed by atoms with Crippen molar-refractivity contribution < 1.29 is 4.52 Å². The van der Waals surface area contributed by atoms with E-state index in [-0.39, 0.29) is 0 Å². The minimum atomic E-state index is 0.484. The first kappa shape index (κ1) is 13.2. The van der Waals surface area contributed by atoms with Gasteiger partial charge in [-0.2, -0.15) is 4.98 Å². The van der Waals surface area contributed by atoms with Gasteiger partial charge in [-0.25, -0.2) is 4.98 Å². The first-order valence-corrected chi connectivity index (χ1v) is 7.76. The second kappa shape index (κ2) is 5.40. The van der Waals surface area contributed by atoms with Crippen LogP contribution in [0.25, 0.3) is 22.4 Å². The van der Waals surface area contributed by atoms with E-state index in [4.69, 9.17) is 4.52 Å². The highest BCUT2D eigenvalue weighted by atomic mass is 16.5. The SMILES string of the molecule is Cc1ccccc1-c1noc2ncnc(NC3CCCC3)c12. The Morgan fingerprint density at radius 1 is 1.14 bits per heavy atom. The van der Waals surface area contributed by atoms with E-state index in [1.807, 2.05) is 12.1 Å². The lowest BCUT2D eigenvalue weighted by atomic mass is 10.0. The third-order valence-corrected chi connectivity index (χ3v) is 4.37. The Labute approximate surface area is 128 Å². The molecular weight excluding hydrogens is 276 g/mol. The lowest BCUT2D eigenvalue weighted by molar-refractivity contribution is 0.451. The number of anilines is 1. The van der Waals surface area contributed by atoms with Crippen molar-refractivity contribution >= 4 is 16.9 Å². The Bertz CT molecular complexity index is 805. The quantitative estimate of drug-likeness (QED) is 0.792. The average Bonchev–Trinajstić information content (AvgIpc) is 3.18. The molecule has 4 rings (SSSR count). The number of benzene rings is 1. The summed E-state index contributed by atoms with van der Waals surface area (Å²) >= 11 is 0. The molecule has 5 nitrogen and oxygen atoms in total. The molecule has 2 heterocycles. The van der Waals surface area contributed by atoms with Crippen molar-refractivity contribution in [1.29, 1.82) is 0 Å². The maximum atomic E-state index is 5.42. The Morgan fingerprint density at radius 3 is 2.77 bits per heavy atom. The zero-order valence-electron chi connectivity index (χ0n) is 12.5. The number of hydrogen-bond acceptors (Lipinski definition) is 5.